The molecule has 2 heteroatoms. The lowest BCUT2D eigenvalue weighted by molar-refractivity contribution is 0.936. The average Bonchev–Trinajstić information content (AvgIpc) is 2.15. The number of hydrogen-bond donors (Lipinski definition) is 2. The van der Waals surface area contributed by atoms with Crippen molar-refractivity contribution in [1.82, 2.24) is 0 Å². The minimum absolute atomic E-state index is 0.966. The monoisotopic (exact) mass is 181 g/mol. The normalized spacial score (nSPS) is 9.83. The van der Waals surface area contributed by atoms with Gasteiger partial charge < -0.3 is 5.32 Å². The van der Waals surface area contributed by atoms with Crippen LogP contribution in [0.1, 0.15) is 12.0 Å². The fraction of sp³-hybridized carbons (Fsp3) is 0.400. The Morgan fingerprint density at radius 2 is 1.92 bits per heavy atom. The van der Waals surface area contributed by atoms with E-state index in [1.807, 2.05) is 7.05 Å². The van der Waals surface area contributed by atoms with Crippen LogP contribution in [0.2, 0.25) is 0 Å². The summed E-state index contributed by atoms with van der Waals surface area (Å²) in [5.74, 6) is 0.966. The second-order valence-corrected chi connectivity index (χ2v) is 3.22. The maximum Gasteiger partial charge on any atom is 0.0337 e. The number of rotatable bonds is 4. The maximum absolute atomic E-state index is 4.18. The number of benzene rings is 1. The Labute approximate surface area is 79.6 Å². The van der Waals surface area contributed by atoms with E-state index < -0.39 is 0 Å². The second-order valence-electron chi connectivity index (χ2n) is 2.77. The number of anilines is 1. The van der Waals surface area contributed by atoms with Crippen molar-refractivity contribution in [2.45, 2.75) is 12.8 Å². The Morgan fingerprint density at radius 1 is 1.25 bits per heavy atom. The Bertz CT molecular complexity index is 218. The molecule has 0 radical (unpaired) electrons. The van der Waals surface area contributed by atoms with Crippen molar-refractivity contribution in [1.29, 1.82) is 0 Å². The first-order valence-corrected chi connectivity index (χ1v) is 4.87. The zero-order chi connectivity index (χ0) is 8.81. The van der Waals surface area contributed by atoms with Crippen molar-refractivity contribution in [3.8, 4) is 0 Å². The molecule has 0 unspecified atom stereocenters. The minimum Gasteiger partial charge on any atom is -0.388 e. The summed E-state index contributed by atoms with van der Waals surface area (Å²) in [5, 5.41) is 3.10. The van der Waals surface area contributed by atoms with Gasteiger partial charge in [0.15, 0.2) is 0 Å². The predicted molar refractivity (Wildman–Crippen MR) is 58.2 cm³/mol. The smallest absolute Gasteiger partial charge is 0.0337 e. The summed E-state index contributed by atoms with van der Waals surface area (Å²) >= 11 is 4.18. The van der Waals surface area contributed by atoms with Crippen LogP contribution in [0.4, 0.5) is 5.69 Å². The number of aryl methyl sites for hydroxylation is 1. The Morgan fingerprint density at radius 3 is 2.42 bits per heavy atom. The molecular weight excluding hydrogens is 166 g/mol. The van der Waals surface area contributed by atoms with Crippen LogP contribution in [0.3, 0.4) is 0 Å². The molecule has 0 saturated heterocycles. The summed E-state index contributed by atoms with van der Waals surface area (Å²) in [6, 6.07) is 8.53. The van der Waals surface area contributed by atoms with Gasteiger partial charge in [-0.05, 0) is 36.3 Å². The van der Waals surface area contributed by atoms with Crippen LogP contribution in [0.25, 0.3) is 0 Å². The summed E-state index contributed by atoms with van der Waals surface area (Å²) in [7, 11) is 1.93. The molecule has 0 spiro atoms. The van der Waals surface area contributed by atoms with Crippen molar-refractivity contribution >= 4 is 18.3 Å². The van der Waals surface area contributed by atoms with Crippen molar-refractivity contribution < 1.29 is 0 Å². The molecule has 0 atom stereocenters. The predicted octanol–water partition coefficient (Wildman–Crippen LogP) is 2.59. The van der Waals surface area contributed by atoms with Crippen LogP contribution >= 0.6 is 12.6 Å². The van der Waals surface area contributed by atoms with Crippen LogP contribution in [0, 0.1) is 0 Å². The van der Waals surface area contributed by atoms with E-state index in [1.165, 1.54) is 11.3 Å². The minimum atomic E-state index is 0.966. The third-order valence-electron chi connectivity index (χ3n) is 1.87. The molecule has 0 fully saturated rings. The molecule has 1 aromatic carbocycles. The summed E-state index contributed by atoms with van der Waals surface area (Å²) in [4.78, 5) is 0. The van der Waals surface area contributed by atoms with Gasteiger partial charge in [0.1, 0.15) is 0 Å². The van der Waals surface area contributed by atoms with Crippen LogP contribution in [-0.2, 0) is 6.42 Å². The van der Waals surface area contributed by atoms with Gasteiger partial charge >= 0.3 is 0 Å². The summed E-state index contributed by atoms with van der Waals surface area (Å²) < 4.78 is 0. The number of thiol groups is 1. The molecule has 1 nitrogen and oxygen atoms in total. The van der Waals surface area contributed by atoms with Crippen molar-refractivity contribution in [2.24, 2.45) is 0 Å². The van der Waals surface area contributed by atoms with E-state index in [4.69, 9.17) is 0 Å². The van der Waals surface area contributed by atoms with Gasteiger partial charge in [-0.1, -0.05) is 12.1 Å². The SMILES string of the molecule is CNc1ccc(CCCS)cc1. The lowest BCUT2D eigenvalue weighted by Gasteiger charge is -2.02. The standard InChI is InChI=1S/C10H15NS/c1-11-10-6-4-9(5-7-10)3-2-8-12/h4-7,11-12H,2-3,8H2,1H3. The van der Waals surface area contributed by atoms with Gasteiger partial charge in [-0.2, -0.15) is 12.6 Å². The van der Waals surface area contributed by atoms with E-state index in [0.717, 1.165) is 18.6 Å². The van der Waals surface area contributed by atoms with Crippen molar-refractivity contribution in [3.63, 3.8) is 0 Å². The Hall–Kier alpha value is -0.630. The highest BCUT2D eigenvalue weighted by Gasteiger charge is 1.91. The van der Waals surface area contributed by atoms with E-state index in [9.17, 15) is 0 Å². The summed E-state index contributed by atoms with van der Waals surface area (Å²) in [5.41, 5.74) is 2.56. The van der Waals surface area contributed by atoms with Crippen LogP contribution in [0.15, 0.2) is 24.3 Å². The molecule has 0 bridgehead atoms. The van der Waals surface area contributed by atoms with Gasteiger partial charge in [0.2, 0.25) is 0 Å². The van der Waals surface area contributed by atoms with E-state index in [2.05, 4.69) is 42.2 Å². The van der Waals surface area contributed by atoms with Gasteiger partial charge in [0.05, 0.1) is 0 Å². The van der Waals surface area contributed by atoms with Gasteiger partial charge in [0.25, 0.3) is 0 Å². The van der Waals surface area contributed by atoms with Gasteiger partial charge in [-0.25, -0.2) is 0 Å². The van der Waals surface area contributed by atoms with Gasteiger partial charge in [0, 0.05) is 12.7 Å². The van der Waals surface area contributed by atoms with Crippen molar-refractivity contribution in [2.75, 3.05) is 18.1 Å². The zero-order valence-corrected chi connectivity index (χ0v) is 8.27. The Kier molecular flexibility index (Phi) is 4.01. The fourth-order valence-corrected chi connectivity index (χ4v) is 1.28. The molecule has 0 aliphatic heterocycles. The van der Waals surface area contributed by atoms with Crippen LogP contribution in [0.5, 0.6) is 0 Å². The average molecular weight is 181 g/mol. The van der Waals surface area contributed by atoms with E-state index in [0.29, 0.717) is 0 Å². The van der Waals surface area contributed by atoms with Crippen LogP contribution < -0.4 is 5.32 Å². The summed E-state index contributed by atoms with van der Waals surface area (Å²) in [6.45, 7) is 0. The first kappa shape index (κ1) is 9.46. The Balaban J connectivity index is 2.53. The van der Waals surface area contributed by atoms with Gasteiger partial charge in [-0.15, -0.1) is 0 Å². The molecule has 1 rings (SSSR count). The summed E-state index contributed by atoms with van der Waals surface area (Å²) in [6.07, 6.45) is 2.29. The molecule has 0 saturated carbocycles. The molecule has 12 heavy (non-hydrogen) atoms. The highest BCUT2D eigenvalue weighted by molar-refractivity contribution is 7.80. The first-order valence-electron chi connectivity index (χ1n) is 4.24. The fourth-order valence-electron chi connectivity index (χ4n) is 1.12. The quantitative estimate of drug-likeness (QED) is 0.680. The van der Waals surface area contributed by atoms with E-state index in [-0.39, 0.29) is 0 Å². The molecule has 0 heterocycles. The third-order valence-corrected chi connectivity index (χ3v) is 2.18. The molecular formula is C10H15NS. The third kappa shape index (κ3) is 2.78. The first-order chi connectivity index (χ1) is 5.86. The molecule has 0 aliphatic rings. The lowest BCUT2D eigenvalue weighted by atomic mass is 10.1. The number of hydrogen-bond acceptors (Lipinski definition) is 2. The molecule has 66 valence electrons. The maximum atomic E-state index is 4.18. The van der Waals surface area contributed by atoms with Gasteiger partial charge in [-0.3, -0.25) is 0 Å². The number of nitrogens with one attached hydrogen (secondary N) is 1. The highest BCUT2D eigenvalue weighted by Crippen LogP contribution is 2.10. The molecule has 1 N–H and O–H groups in total. The molecule has 0 aromatic heterocycles. The largest absolute Gasteiger partial charge is 0.388 e. The van der Waals surface area contributed by atoms with Crippen LogP contribution in [-0.4, -0.2) is 12.8 Å². The topological polar surface area (TPSA) is 12.0 Å². The molecule has 0 amide bonds. The zero-order valence-electron chi connectivity index (χ0n) is 7.38. The van der Waals surface area contributed by atoms with E-state index >= 15 is 0 Å². The van der Waals surface area contributed by atoms with E-state index in [1.54, 1.807) is 0 Å². The lowest BCUT2D eigenvalue weighted by Crippen LogP contribution is -1.89. The highest BCUT2D eigenvalue weighted by atomic mass is 32.1. The van der Waals surface area contributed by atoms with Crippen molar-refractivity contribution in [3.05, 3.63) is 29.8 Å². The molecule has 1 aromatic rings. The molecule has 0 aliphatic carbocycles. The second kappa shape index (κ2) is 5.09.